The van der Waals surface area contributed by atoms with E-state index in [0.717, 1.165) is 16.2 Å². The van der Waals surface area contributed by atoms with Crippen LogP contribution in [0, 0.1) is 0 Å². The van der Waals surface area contributed by atoms with Gasteiger partial charge < -0.3 is 4.74 Å². The number of para-hydroxylation sites is 1. The summed E-state index contributed by atoms with van der Waals surface area (Å²) in [6, 6.07) is 15.7. The Balaban J connectivity index is 1.58. The standard InChI is InChI=1S/C22H18N4O4/c1-30-18-9-7-15(8-10-18)13-25-21(28)19(20(27)24-22(25)29)11-16-12-23-26(14-16)17-5-3-2-4-6-17/h2-12,14H,13H2,1H3,(H,24,27,29)/b19-11+. The highest BCUT2D eigenvalue weighted by Gasteiger charge is 2.35. The molecule has 8 nitrogen and oxygen atoms in total. The molecule has 1 N–H and O–H groups in total. The number of amides is 4. The first kappa shape index (κ1) is 19.1. The zero-order valence-corrected chi connectivity index (χ0v) is 16.1. The normalized spacial score (nSPS) is 15.4. The first-order valence-electron chi connectivity index (χ1n) is 9.17. The molecule has 30 heavy (non-hydrogen) atoms. The first-order chi connectivity index (χ1) is 14.5. The summed E-state index contributed by atoms with van der Waals surface area (Å²) in [6.45, 7) is 0.0303. The summed E-state index contributed by atoms with van der Waals surface area (Å²) in [7, 11) is 1.55. The van der Waals surface area contributed by atoms with E-state index >= 15 is 0 Å². The van der Waals surface area contributed by atoms with E-state index in [-0.39, 0.29) is 12.1 Å². The van der Waals surface area contributed by atoms with Gasteiger partial charge in [-0.25, -0.2) is 9.48 Å². The third kappa shape index (κ3) is 3.83. The van der Waals surface area contributed by atoms with E-state index in [0.29, 0.717) is 11.3 Å². The summed E-state index contributed by atoms with van der Waals surface area (Å²) < 4.78 is 6.75. The van der Waals surface area contributed by atoms with Gasteiger partial charge in [-0.2, -0.15) is 5.10 Å². The van der Waals surface area contributed by atoms with Crippen LogP contribution < -0.4 is 10.1 Å². The number of carbonyl (C=O) groups is 3. The van der Waals surface area contributed by atoms with E-state index in [4.69, 9.17) is 4.74 Å². The van der Waals surface area contributed by atoms with Gasteiger partial charge in [-0.05, 0) is 35.9 Å². The van der Waals surface area contributed by atoms with Crippen molar-refractivity contribution in [1.29, 1.82) is 0 Å². The molecule has 3 aromatic rings. The third-order valence-electron chi connectivity index (χ3n) is 4.62. The van der Waals surface area contributed by atoms with Crippen LogP contribution in [0.15, 0.2) is 72.6 Å². The van der Waals surface area contributed by atoms with Gasteiger partial charge in [0.1, 0.15) is 11.3 Å². The maximum atomic E-state index is 12.9. The quantitative estimate of drug-likeness (QED) is 0.523. The Kier molecular flexibility index (Phi) is 5.13. The Morgan fingerprint density at radius 1 is 1.03 bits per heavy atom. The molecule has 0 aliphatic carbocycles. The second kappa shape index (κ2) is 8.04. The number of benzene rings is 2. The maximum absolute atomic E-state index is 12.9. The average molecular weight is 402 g/mol. The summed E-state index contributed by atoms with van der Waals surface area (Å²) in [5.41, 5.74) is 2.01. The van der Waals surface area contributed by atoms with Gasteiger partial charge in [0.15, 0.2) is 0 Å². The van der Waals surface area contributed by atoms with Crippen LogP contribution >= 0.6 is 0 Å². The van der Waals surface area contributed by atoms with E-state index in [2.05, 4.69) is 10.4 Å². The van der Waals surface area contributed by atoms with Crippen molar-refractivity contribution in [2.45, 2.75) is 6.54 Å². The number of urea groups is 1. The monoisotopic (exact) mass is 402 g/mol. The fraction of sp³-hybridized carbons (Fsp3) is 0.0909. The molecule has 1 saturated heterocycles. The number of nitrogens with one attached hydrogen (secondary N) is 1. The van der Waals surface area contributed by atoms with Gasteiger partial charge in [0, 0.05) is 11.8 Å². The molecule has 2 heterocycles. The molecular formula is C22H18N4O4. The van der Waals surface area contributed by atoms with Crippen molar-refractivity contribution in [2.75, 3.05) is 7.11 Å². The van der Waals surface area contributed by atoms with E-state index in [1.54, 1.807) is 48.5 Å². The van der Waals surface area contributed by atoms with Crippen LogP contribution in [0.3, 0.4) is 0 Å². The van der Waals surface area contributed by atoms with Crippen LogP contribution in [0.25, 0.3) is 11.8 Å². The predicted octanol–water partition coefficient (Wildman–Crippen LogP) is 2.54. The highest BCUT2D eigenvalue weighted by molar-refractivity contribution is 6.30. The SMILES string of the molecule is COc1ccc(CN2C(=O)NC(=O)/C(=C\c3cnn(-c4ccccc4)c3)C2=O)cc1. The summed E-state index contributed by atoms with van der Waals surface area (Å²) in [5, 5.41) is 6.48. The van der Waals surface area contributed by atoms with Gasteiger partial charge >= 0.3 is 6.03 Å². The van der Waals surface area contributed by atoms with Crippen LogP contribution in [0.5, 0.6) is 5.75 Å². The molecule has 4 amide bonds. The minimum Gasteiger partial charge on any atom is -0.497 e. The number of barbiturate groups is 1. The number of carbonyl (C=O) groups excluding carboxylic acids is 3. The van der Waals surface area contributed by atoms with Crippen molar-refractivity contribution in [3.05, 3.63) is 83.7 Å². The minimum absolute atomic E-state index is 0.0303. The second-order valence-corrected chi connectivity index (χ2v) is 6.61. The number of rotatable bonds is 5. The number of aromatic nitrogens is 2. The molecule has 1 aliphatic rings. The molecule has 8 heteroatoms. The molecule has 150 valence electrons. The Bertz CT molecular complexity index is 1130. The Morgan fingerprint density at radius 3 is 2.47 bits per heavy atom. The van der Waals surface area contributed by atoms with Crippen LogP contribution in [0.4, 0.5) is 4.79 Å². The Labute approximate surface area is 172 Å². The molecule has 1 aliphatic heterocycles. The molecule has 0 saturated carbocycles. The van der Waals surface area contributed by atoms with Gasteiger partial charge in [-0.15, -0.1) is 0 Å². The number of nitrogens with zero attached hydrogens (tertiary/aromatic N) is 3. The van der Waals surface area contributed by atoms with Crippen molar-refractivity contribution in [1.82, 2.24) is 20.0 Å². The predicted molar refractivity (Wildman–Crippen MR) is 109 cm³/mol. The molecule has 0 unspecified atom stereocenters. The fourth-order valence-corrected chi connectivity index (χ4v) is 3.05. The minimum atomic E-state index is -0.752. The molecule has 0 bridgehead atoms. The Morgan fingerprint density at radius 2 is 1.77 bits per heavy atom. The summed E-state index contributed by atoms with van der Waals surface area (Å²) in [4.78, 5) is 38.4. The van der Waals surface area contributed by atoms with Crippen LogP contribution in [-0.2, 0) is 16.1 Å². The number of hydrogen-bond donors (Lipinski definition) is 1. The fourth-order valence-electron chi connectivity index (χ4n) is 3.05. The molecule has 1 aromatic heterocycles. The van der Waals surface area contributed by atoms with E-state index in [1.165, 1.54) is 6.08 Å². The van der Waals surface area contributed by atoms with Crippen molar-refractivity contribution in [2.24, 2.45) is 0 Å². The van der Waals surface area contributed by atoms with Gasteiger partial charge in [-0.1, -0.05) is 30.3 Å². The molecule has 0 radical (unpaired) electrons. The molecule has 2 aromatic carbocycles. The lowest BCUT2D eigenvalue weighted by atomic mass is 10.1. The first-order valence-corrected chi connectivity index (χ1v) is 9.17. The second-order valence-electron chi connectivity index (χ2n) is 6.61. The summed E-state index contributed by atoms with van der Waals surface area (Å²) in [5.74, 6) is -0.727. The van der Waals surface area contributed by atoms with E-state index in [1.807, 2.05) is 30.3 Å². The number of methoxy groups -OCH3 is 1. The topological polar surface area (TPSA) is 93.5 Å². The maximum Gasteiger partial charge on any atom is 0.331 e. The van der Waals surface area contributed by atoms with Gasteiger partial charge in [0.2, 0.25) is 0 Å². The lowest BCUT2D eigenvalue weighted by Crippen LogP contribution is -2.53. The van der Waals surface area contributed by atoms with E-state index in [9.17, 15) is 14.4 Å². The van der Waals surface area contributed by atoms with Crippen molar-refractivity contribution < 1.29 is 19.1 Å². The number of imide groups is 2. The van der Waals surface area contributed by atoms with Crippen LogP contribution in [0.1, 0.15) is 11.1 Å². The van der Waals surface area contributed by atoms with Crippen LogP contribution in [0.2, 0.25) is 0 Å². The molecule has 0 spiro atoms. The van der Waals surface area contributed by atoms with Gasteiger partial charge in [-0.3, -0.25) is 19.8 Å². The Hall–Kier alpha value is -4.20. The van der Waals surface area contributed by atoms with Crippen LogP contribution in [-0.4, -0.2) is 39.6 Å². The molecule has 4 rings (SSSR count). The lowest BCUT2D eigenvalue weighted by Gasteiger charge is -2.26. The van der Waals surface area contributed by atoms with Crippen molar-refractivity contribution in [3.63, 3.8) is 0 Å². The van der Waals surface area contributed by atoms with E-state index < -0.39 is 17.8 Å². The van der Waals surface area contributed by atoms with Crippen molar-refractivity contribution >= 4 is 23.9 Å². The van der Waals surface area contributed by atoms with Gasteiger partial charge in [0.05, 0.1) is 25.5 Å². The average Bonchev–Trinajstić information content (AvgIpc) is 3.24. The highest BCUT2D eigenvalue weighted by atomic mass is 16.5. The van der Waals surface area contributed by atoms with Gasteiger partial charge in [0.25, 0.3) is 11.8 Å². The van der Waals surface area contributed by atoms with Crippen molar-refractivity contribution in [3.8, 4) is 11.4 Å². The lowest BCUT2D eigenvalue weighted by molar-refractivity contribution is -0.130. The number of hydrogen-bond acceptors (Lipinski definition) is 5. The molecule has 0 atom stereocenters. The third-order valence-corrected chi connectivity index (χ3v) is 4.62. The molecular weight excluding hydrogens is 384 g/mol. The zero-order valence-electron chi connectivity index (χ0n) is 16.1. The zero-order chi connectivity index (χ0) is 21.1. The largest absolute Gasteiger partial charge is 0.497 e. The smallest absolute Gasteiger partial charge is 0.331 e. The molecule has 1 fully saturated rings. The number of ether oxygens (including phenoxy) is 1. The summed E-state index contributed by atoms with van der Waals surface area (Å²) in [6.07, 6.45) is 4.68. The highest BCUT2D eigenvalue weighted by Crippen LogP contribution is 2.19. The summed E-state index contributed by atoms with van der Waals surface area (Å²) >= 11 is 0.